The molecule has 0 atom stereocenters. The van der Waals surface area contributed by atoms with Gasteiger partial charge in [0.2, 0.25) is 0 Å². The van der Waals surface area contributed by atoms with Crippen molar-refractivity contribution in [3.05, 3.63) is 127 Å². The maximum absolute atomic E-state index is 5.27. The Morgan fingerprint density at radius 3 is 1.59 bits per heavy atom. The molecule has 0 amide bonds. The van der Waals surface area contributed by atoms with Crippen LogP contribution in [0.25, 0.3) is 82.2 Å². The zero-order chi connectivity index (χ0) is 25.5. The molecule has 0 aliphatic heterocycles. The molecule has 39 heavy (non-hydrogen) atoms. The monoisotopic (exact) mass is 495 g/mol. The highest BCUT2D eigenvalue weighted by molar-refractivity contribution is 6.35. The van der Waals surface area contributed by atoms with Crippen LogP contribution in [0.1, 0.15) is 0 Å². The van der Waals surface area contributed by atoms with E-state index in [0.717, 1.165) is 39.1 Å². The summed E-state index contributed by atoms with van der Waals surface area (Å²) in [7, 11) is 0. The van der Waals surface area contributed by atoms with Gasteiger partial charge in [0.1, 0.15) is 5.69 Å². The summed E-state index contributed by atoms with van der Waals surface area (Å²) >= 11 is 0. The first-order valence-corrected chi connectivity index (χ1v) is 13.3. The van der Waals surface area contributed by atoms with Crippen LogP contribution >= 0.6 is 0 Å². The molecule has 0 saturated carbocycles. The second-order valence-corrected chi connectivity index (χ2v) is 10.2. The SMILES string of the molecule is c1ccc(-c2nc3ccccc3nc2-n2c3cccc4c5cc6ccccc6cc5c5cccc2c5c43)cc1. The summed E-state index contributed by atoms with van der Waals surface area (Å²) in [5.41, 5.74) is 6.01. The van der Waals surface area contributed by atoms with Gasteiger partial charge in [0.05, 0.1) is 22.1 Å². The summed E-state index contributed by atoms with van der Waals surface area (Å²) in [4.78, 5) is 10.4. The zero-order valence-electron chi connectivity index (χ0n) is 21.0. The minimum absolute atomic E-state index is 0.852. The van der Waals surface area contributed by atoms with E-state index in [1.807, 2.05) is 30.3 Å². The smallest absolute Gasteiger partial charge is 0.165 e. The lowest BCUT2D eigenvalue weighted by Crippen LogP contribution is -2.03. The van der Waals surface area contributed by atoms with E-state index in [-0.39, 0.29) is 0 Å². The Bertz CT molecular complexity index is 2280. The largest absolute Gasteiger partial charge is 0.292 e. The Hall–Kier alpha value is -5.28. The van der Waals surface area contributed by atoms with Crippen molar-refractivity contribution >= 4 is 65.2 Å². The van der Waals surface area contributed by atoms with Crippen molar-refractivity contribution in [1.82, 2.24) is 14.5 Å². The molecule has 0 spiro atoms. The van der Waals surface area contributed by atoms with Crippen molar-refractivity contribution in [3.8, 4) is 17.1 Å². The maximum atomic E-state index is 5.27. The van der Waals surface area contributed by atoms with Crippen LogP contribution in [0.4, 0.5) is 0 Å². The minimum atomic E-state index is 0.852. The fourth-order valence-corrected chi connectivity index (χ4v) is 6.41. The molecule has 2 aromatic heterocycles. The Morgan fingerprint density at radius 1 is 0.436 bits per heavy atom. The number of rotatable bonds is 2. The number of fused-ring (bicyclic) bond motifs is 5. The van der Waals surface area contributed by atoms with E-state index < -0.39 is 0 Å². The van der Waals surface area contributed by atoms with Crippen molar-refractivity contribution in [1.29, 1.82) is 0 Å². The van der Waals surface area contributed by atoms with Gasteiger partial charge in [-0.25, -0.2) is 9.97 Å². The molecule has 0 bridgehead atoms. The Kier molecular flexibility index (Phi) is 4.05. The number of para-hydroxylation sites is 2. The number of aromatic nitrogens is 3. The Labute approximate surface area is 223 Å². The molecule has 9 aromatic rings. The highest BCUT2D eigenvalue weighted by Crippen LogP contribution is 2.45. The van der Waals surface area contributed by atoms with Crippen LogP contribution in [-0.4, -0.2) is 14.5 Å². The molecule has 180 valence electrons. The molecule has 0 N–H and O–H groups in total. The third-order valence-corrected chi connectivity index (χ3v) is 8.09. The van der Waals surface area contributed by atoms with E-state index in [9.17, 15) is 0 Å². The van der Waals surface area contributed by atoms with E-state index in [0.29, 0.717) is 0 Å². The molecule has 0 aliphatic rings. The van der Waals surface area contributed by atoms with Gasteiger partial charge in [-0.2, -0.15) is 0 Å². The van der Waals surface area contributed by atoms with Crippen LogP contribution in [0, 0.1) is 0 Å². The fraction of sp³-hybridized carbons (Fsp3) is 0. The van der Waals surface area contributed by atoms with Gasteiger partial charge in [-0.1, -0.05) is 91.0 Å². The quantitative estimate of drug-likeness (QED) is 0.177. The lowest BCUT2D eigenvalue weighted by molar-refractivity contribution is 1.08. The standard InChI is InChI=1S/C36H21N3/c1-2-10-22(11-3-1)35-36(38-30-17-7-6-16-29(30)37-35)39-31-18-8-14-25-27-20-23-12-4-5-13-24(23)21-28(27)26-15-9-19-32(39)34(26)33(25)31/h1-21H. The van der Waals surface area contributed by atoms with Crippen molar-refractivity contribution in [2.75, 3.05) is 0 Å². The second-order valence-electron chi connectivity index (χ2n) is 10.2. The van der Waals surface area contributed by atoms with Gasteiger partial charge in [-0.3, -0.25) is 4.57 Å². The number of benzene rings is 7. The molecular formula is C36H21N3. The maximum Gasteiger partial charge on any atom is 0.165 e. The molecule has 2 heterocycles. The normalized spacial score (nSPS) is 12.1. The van der Waals surface area contributed by atoms with E-state index in [1.165, 1.54) is 43.1 Å². The molecule has 0 radical (unpaired) electrons. The highest BCUT2D eigenvalue weighted by atomic mass is 15.1. The van der Waals surface area contributed by atoms with Crippen LogP contribution < -0.4 is 0 Å². The number of hydrogen-bond acceptors (Lipinski definition) is 2. The summed E-state index contributed by atoms with van der Waals surface area (Å²) in [6.45, 7) is 0. The first-order valence-electron chi connectivity index (χ1n) is 13.3. The summed E-state index contributed by atoms with van der Waals surface area (Å²) in [6.07, 6.45) is 0. The highest BCUT2D eigenvalue weighted by Gasteiger charge is 2.23. The van der Waals surface area contributed by atoms with Crippen molar-refractivity contribution in [2.45, 2.75) is 0 Å². The van der Waals surface area contributed by atoms with Crippen molar-refractivity contribution in [2.24, 2.45) is 0 Å². The molecular weight excluding hydrogens is 474 g/mol. The minimum Gasteiger partial charge on any atom is -0.292 e. The Balaban J connectivity index is 1.50. The molecule has 0 fully saturated rings. The van der Waals surface area contributed by atoms with E-state index in [2.05, 4.69) is 102 Å². The molecule has 0 saturated heterocycles. The lowest BCUT2D eigenvalue weighted by Gasteiger charge is -2.13. The molecule has 3 nitrogen and oxygen atoms in total. The fourth-order valence-electron chi connectivity index (χ4n) is 6.41. The van der Waals surface area contributed by atoms with Crippen molar-refractivity contribution in [3.63, 3.8) is 0 Å². The first kappa shape index (κ1) is 20.7. The molecule has 0 aliphatic carbocycles. The van der Waals surface area contributed by atoms with Gasteiger partial charge in [0, 0.05) is 16.3 Å². The summed E-state index contributed by atoms with van der Waals surface area (Å²) in [5, 5.41) is 10.2. The topological polar surface area (TPSA) is 30.7 Å². The van der Waals surface area contributed by atoms with Crippen LogP contribution in [-0.2, 0) is 0 Å². The molecule has 9 rings (SSSR count). The summed E-state index contributed by atoms with van der Waals surface area (Å²) in [5.74, 6) is 0.852. The van der Waals surface area contributed by atoms with Crippen LogP contribution in [0.2, 0.25) is 0 Å². The van der Waals surface area contributed by atoms with Gasteiger partial charge >= 0.3 is 0 Å². The van der Waals surface area contributed by atoms with E-state index >= 15 is 0 Å². The molecule has 7 aromatic carbocycles. The van der Waals surface area contributed by atoms with Gasteiger partial charge < -0.3 is 0 Å². The second kappa shape index (κ2) is 7.62. The molecule has 0 unspecified atom stereocenters. The van der Waals surface area contributed by atoms with Gasteiger partial charge in [-0.15, -0.1) is 0 Å². The third kappa shape index (κ3) is 2.82. The third-order valence-electron chi connectivity index (χ3n) is 8.09. The zero-order valence-corrected chi connectivity index (χ0v) is 21.0. The van der Waals surface area contributed by atoms with Crippen LogP contribution in [0.5, 0.6) is 0 Å². The number of nitrogens with zero attached hydrogens (tertiary/aromatic N) is 3. The molecule has 3 heteroatoms. The van der Waals surface area contributed by atoms with Gasteiger partial charge in [0.25, 0.3) is 0 Å². The Morgan fingerprint density at radius 2 is 0.974 bits per heavy atom. The van der Waals surface area contributed by atoms with Gasteiger partial charge in [-0.05, 0) is 68.7 Å². The average molecular weight is 496 g/mol. The summed E-state index contributed by atoms with van der Waals surface area (Å²) in [6, 6.07) is 45.2. The number of hydrogen-bond donors (Lipinski definition) is 0. The van der Waals surface area contributed by atoms with E-state index in [1.54, 1.807) is 0 Å². The van der Waals surface area contributed by atoms with Crippen molar-refractivity contribution < 1.29 is 0 Å². The summed E-state index contributed by atoms with van der Waals surface area (Å²) < 4.78 is 2.32. The predicted octanol–water partition coefficient (Wildman–Crippen LogP) is 9.29. The predicted molar refractivity (Wildman–Crippen MR) is 163 cm³/mol. The first-order chi connectivity index (χ1) is 19.3. The van der Waals surface area contributed by atoms with Gasteiger partial charge in [0.15, 0.2) is 5.82 Å². The average Bonchev–Trinajstić information content (AvgIpc) is 3.35. The van der Waals surface area contributed by atoms with Crippen LogP contribution in [0.15, 0.2) is 127 Å². The van der Waals surface area contributed by atoms with Crippen LogP contribution in [0.3, 0.4) is 0 Å². The van der Waals surface area contributed by atoms with E-state index in [4.69, 9.17) is 9.97 Å². The lowest BCUT2D eigenvalue weighted by atomic mass is 9.92.